The SMILES string of the molecule is NC1N=C(c2ccc(Cl)cc2)NO1. The summed E-state index contributed by atoms with van der Waals surface area (Å²) in [5, 5.41) is 0.688. The zero-order valence-corrected chi connectivity index (χ0v) is 7.45. The predicted octanol–water partition coefficient (Wildman–Crippen LogP) is 0.864. The number of aliphatic imine (C=N–C) groups is 1. The van der Waals surface area contributed by atoms with Crippen molar-refractivity contribution in [3.05, 3.63) is 34.9 Å². The third kappa shape index (κ3) is 1.80. The summed E-state index contributed by atoms with van der Waals surface area (Å²) >= 11 is 5.73. The molecule has 2 rings (SSSR count). The number of hydrogen-bond acceptors (Lipinski definition) is 4. The number of hydroxylamine groups is 1. The monoisotopic (exact) mass is 197 g/mol. The summed E-state index contributed by atoms with van der Waals surface area (Å²) in [4.78, 5) is 8.85. The molecule has 1 aliphatic rings. The van der Waals surface area contributed by atoms with Crippen LogP contribution in [0.2, 0.25) is 5.02 Å². The molecular weight excluding hydrogens is 190 g/mol. The molecule has 1 atom stereocenters. The van der Waals surface area contributed by atoms with Gasteiger partial charge in [0.2, 0.25) is 6.35 Å². The van der Waals surface area contributed by atoms with Crippen molar-refractivity contribution in [3.8, 4) is 0 Å². The van der Waals surface area contributed by atoms with Crippen LogP contribution in [-0.4, -0.2) is 12.2 Å². The number of rotatable bonds is 1. The number of nitrogens with two attached hydrogens (primary N) is 1. The second-order valence-corrected chi connectivity index (χ2v) is 3.03. The molecule has 5 heteroatoms. The van der Waals surface area contributed by atoms with Gasteiger partial charge >= 0.3 is 0 Å². The van der Waals surface area contributed by atoms with Gasteiger partial charge in [0, 0.05) is 10.6 Å². The van der Waals surface area contributed by atoms with Crippen LogP contribution in [0.5, 0.6) is 0 Å². The Hall–Kier alpha value is -1.10. The first-order chi connectivity index (χ1) is 6.25. The van der Waals surface area contributed by atoms with Gasteiger partial charge in [0.25, 0.3) is 0 Å². The van der Waals surface area contributed by atoms with Crippen LogP contribution in [0.4, 0.5) is 0 Å². The van der Waals surface area contributed by atoms with Crippen LogP contribution < -0.4 is 11.2 Å². The molecule has 3 N–H and O–H groups in total. The van der Waals surface area contributed by atoms with Crippen molar-refractivity contribution in [3.63, 3.8) is 0 Å². The van der Waals surface area contributed by atoms with E-state index in [1.54, 1.807) is 12.1 Å². The maximum absolute atomic E-state index is 5.73. The summed E-state index contributed by atoms with van der Waals surface area (Å²) in [6, 6.07) is 7.25. The maximum atomic E-state index is 5.73. The van der Waals surface area contributed by atoms with Crippen molar-refractivity contribution in [2.45, 2.75) is 6.35 Å². The largest absolute Gasteiger partial charge is 0.285 e. The Morgan fingerprint density at radius 3 is 2.62 bits per heavy atom. The Kier molecular flexibility index (Phi) is 2.18. The first kappa shape index (κ1) is 8.50. The van der Waals surface area contributed by atoms with Gasteiger partial charge in [-0.3, -0.25) is 5.73 Å². The molecule has 68 valence electrons. The van der Waals surface area contributed by atoms with Gasteiger partial charge in [0.1, 0.15) is 0 Å². The Morgan fingerprint density at radius 1 is 1.38 bits per heavy atom. The van der Waals surface area contributed by atoms with Crippen LogP contribution in [0.25, 0.3) is 0 Å². The first-order valence-corrected chi connectivity index (χ1v) is 4.14. The summed E-state index contributed by atoms with van der Waals surface area (Å²) in [7, 11) is 0. The predicted molar refractivity (Wildman–Crippen MR) is 50.2 cm³/mol. The van der Waals surface area contributed by atoms with Crippen molar-refractivity contribution >= 4 is 17.4 Å². The fourth-order valence-corrected chi connectivity index (χ4v) is 1.16. The van der Waals surface area contributed by atoms with Gasteiger partial charge in [-0.25, -0.2) is 15.3 Å². The van der Waals surface area contributed by atoms with E-state index in [1.807, 2.05) is 12.1 Å². The summed E-state index contributed by atoms with van der Waals surface area (Å²) < 4.78 is 0. The van der Waals surface area contributed by atoms with E-state index < -0.39 is 6.35 Å². The Bertz CT molecular complexity index is 336. The molecule has 0 amide bonds. The van der Waals surface area contributed by atoms with Crippen LogP contribution in [0.3, 0.4) is 0 Å². The normalized spacial score (nSPS) is 21.1. The zero-order chi connectivity index (χ0) is 9.26. The molecule has 0 saturated heterocycles. The van der Waals surface area contributed by atoms with Crippen molar-refractivity contribution in [2.24, 2.45) is 10.7 Å². The highest BCUT2D eigenvalue weighted by atomic mass is 35.5. The number of nitrogens with zero attached hydrogens (tertiary/aromatic N) is 1. The smallest absolute Gasteiger partial charge is 0.228 e. The molecule has 13 heavy (non-hydrogen) atoms. The average Bonchev–Trinajstić information content (AvgIpc) is 2.53. The van der Waals surface area contributed by atoms with Crippen LogP contribution in [0, 0.1) is 0 Å². The second kappa shape index (κ2) is 3.33. The average molecular weight is 198 g/mol. The molecule has 0 radical (unpaired) electrons. The number of nitrogens with one attached hydrogen (secondary N) is 1. The number of hydrogen-bond donors (Lipinski definition) is 2. The van der Waals surface area contributed by atoms with Crippen LogP contribution in [0.15, 0.2) is 29.3 Å². The summed E-state index contributed by atoms with van der Waals surface area (Å²) in [5.41, 5.74) is 8.92. The zero-order valence-electron chi connectivity index (χ0n) is 6.70. The molecule has 0 aromatic heterocycles. The van der Waals surface area contributed by atoms with E-state index in [1.165, 1.54) is 0 Å². The maximum Gasteiger partial charge on any atom is 0.228 e. The fourth-order valence-electron chi connectivity index (χ4n) is 1.04. The molecule has 1 aromatic rings. The molecule has 0 aliphatic carbocycles. The molecule has 0 spiro atoms. The topological polar surface area (TPSA) is 59.6 Å². The van der Waals surface area contributed by atoms with Gasteiger partial charge in [0.05, 0.1) is 0 Å². The standard InChI is InChI=1S/C8H8ClN3O/c9-6-3-1-5(2-4-6)7-11-8(10)13-12-7/h1-4,8H,10H2,(H,11,12). The lowest BCUT2D eigenvalue weighted by atomic mass is 10.2. The lowest BCUT2D eigenvalue weighted by Crippen LogP contribution is -2.22. The van der Waals surface area contributed by atoms with E-state index in [-0.39, 0.29) is 0 Å². The molecule has 0 bridgehead atoms. The van der Waals surface area contributed by atoms with Gasteiger partial charge in [-0.2, -0.15) is 0 Å². The molecule has 0 saturated carbocycles. The Labute approximate surface area is 80.3 Å². The minimum absolute atomic E-state index is 0.620. The fraction of sp³-hybridized carbons (Fsp3) is 0.125. The highest BCUT2D eigenvalue weighted by molar-refractivity contribution is 6.30. The van der Waals surface area contributed by atoms with Gasteiger partial charge in [-0.15, -0.1) is 0 Å². The Balaban J connectivity index is 2.26. The van der Waals surface area contributed by atoms with Gasteiger partial charge in [-0.05, 0) is 24.3 Å². The third-order valence-corrected chi connectivity index (χ3v) is 1.90. The minimum Gasteiger partial charge on any atom is -0.285 e. The summed E-state index contributed by atoms with van der Waals surface area (Å²) in [6.45, 7) is 0. The second-order valence-electron chi connectivity index (χ2n) is 2.60. The number of halogens is 1. The summed E-state index contributed by atoms with van der Waals surface area (Å²) in [5.74, 6) is 0.629. The number of amidine groups is 1. The molecule has 1 aliphatic heterocycles. The van der Waals surface area contributed by atoms with Gasteiger partial charge in [0.15, 0.2) is 5.84 Å². The summed E-state index contributed by atoms with van der Waals surface area (Å²) in [6.07, 6.45) is -0.620. The molecule has 0 fully saturated rings. The molecule has 1 aromatic carbocycles. The van der Waals surface area contributed by atoms with E-state index in [9.17, 15) is 0 Å². The quantitative estimate of drug-likeness (QED) is 0.702. The highest BCUT2D eigenvalue weighted by Gasteiger charge is 2.14. The van der Waals surface area contributed by atoms with E-state index in [2.05, 4.69) is 10.5 Å². The van der Waals surface area contributed by atoms with E-state index in [0.717, 1.165) is 5.56 Å². The van der Waals surface area contributed by atoms with Crippen molar-refractivity contribution in [1.29, 1.82) is 0 Å². The lowest BCUT2D eigenvalue weighted by molar-refractivity contribution is 0.0428. The molecule has 4 nitrogen and oxygen atoms in total. The first-order valence-electron chi connectivity index (χ1n) is 3.77. The Morgan fingerprint density at radius 2 is 2.08 bits per heavy atom. The van der Waals surface area contributed by atoms with E-state index in [4.69, 9.17) is 22.2 Å². The van der Waals surface area contributed by atoms with Gasteiger partial charge in [-0.1, -0.05) is 11.6 Å². The minimum atomic E-state index is -0.620. The number of benzene rings is 1. The molecule has 1 unspecified atom stereocenters. The third-order valence-electron chi connectivity index (χ3n) is 1.65. The molecule has 1 heterocycles. The van der Waals surface area contributed by atoms with Crippen molar-refractivity contribution in [1.82, 2.24) is 5.48 Å². The van der Waals surface area contributed by atoms with E-state index >= 15 is 0 Å². The van der Waals surface area contributed by atoms with Crippen molar-refractivity contribution in [2.75, 3.05) is 0 Å². The van der Waals surface area contributed by atoms with Crippen molar-refractivity contribution < 1.29 is 4.84 Å². The van der Waals surface area contributed by atoms with Crippen LogP contribution in [0.1, 0.15) is 5.56 Å². The van der Waals surface area contributed by atoms with Crippen LogP contribution >= 0.6 is 11.6 Å². The van der Waals surface area contributed by atoms with Gasteiger partial charge < -0.3 is 0 Å². The highest BCUT2D eigenvalue weighted by Crippen LogP contribution is 2.11. The molecular formula is C8H8ClN3O. The van der Waals surface area contributed by atoms with E-state index in [0.29, 0.717) is 10.9 Å². The lowest BCUT2D eigenvalue weighted by Gasteiger charge is -1.99. The van der Waals surface area contributed by atoms with Crippen LogP contribution in [-0.2, 0) is 4.84 Å².